The molecule has 1 fully saturated rings. The fraction of sp³-hybridized carbons (Fsp3) is 0.565. The summed E-state index contributed by atoms with van der Waals surface area (Å²) in [6, 6.07) is 6.41. The molecule has 170 valence electrons. The fourth-order valence-electron chi connectivity index (χ4n) is 3.35. The Bertz CT molecular complexity index is 955. The molecular formula is C23H30NO7-. The molecule has 2 heterocycles. The third-order valence-electron chi connectivity index (χ3n) is 5.02. The summed E-state index contributed by atoms with van der Waals surface area (Å²) in [7, 11) is 0. The quantitative estimate of drug-likeness (QED) is 0.661. The van der Waals surface area contributed by atoms with Crippen LogP contribution in [0.1, 0.15) is 57.9 Å². The van der Waals surface area contributed by atoms with Crippen molar-refractivity contribution in [1.82, 2.24) is 4.57 Å². The molecule has 0 radical (unpaired) electrons. The number of hydrogen-bond donors (Lipinski definition) is 0. The van der Waals surface area contributed by atoms with Crippen LogP contribution in [0.15, 0.2) is 24.3 Å². The fourth-order valence-corrected chi connectivity index (χ4v) is 3.35. The predicted molar refractivity (Wildman–Crippen MR) is 112 cm³/mol. The number of nitrogens with zero attached hydrogens (tertiary/aromatic N) is 1. The number of carbonyl (C=O) groups is 2. The Balaban J connectivity index is 1.70. The molecule has 2 aromatic rings. The number of hydrogen-bond acceptors (Lipinski definition) is 7. The Morgan fingerprint density at radius 2 is 1.97 bits per heavy atom. The van der Waals surface area contributed by atoms with Crippen molar-refractivity contribution in [2.24, 2.45) is 5.41 Å². The number of carbonyl (C=O) groups excluding carboxylic acids is 2. The number of benzene rings is 1. The van der Waals surface area contributed by atoms with Gasteiger partial charge in [0, 0.05) is 11.8 Å². The van der Waals surface area contributed by atoms with Crippen LogP contribution in [0.2, 0.25) is 0 Å². The van der Waals surface area contributed by atoms with E-state index >= 15 is 0 Å². The minimum absolute atomic E-state index is 0.00608. The van der Waals surface area contributed by atoms with Crippen LogP contribution in [0, 0.1) is 5.41 Å². The largest absolute Gasteiger partial charge is 0.543 e. The summed E-state index contributed by atoms with van der Waals surface area (Å²) in [5, 5.41) is 12.1. The van der Waals surface area contributed by atoms with E-state index in [9.17, 15) is 14.7 Å². The van der Waals surface area contributed by atoms with Crippen LogP contribution < -0.4 is 9.84 Å². The van der Waals surface area contributed by atoms with Crippen LogP contribution in [0.3, 0.4) is 0 Å². The second kappa shape index (κ2) is 8.88. The van der Waals surface area contributed by atoms with Gasteiger partial charge in [0.25, 0.3) is 0 Å². The first-order chi connectivity index (χ1) is 14.5. The maximum atomic E-state index is 12.6. The molecule has 0 spiro atoms. The highest BCUT2D eigenvalue weighted by Gasteiger charge is 2.32. The van der Waals surface area contributed by atoms with Crippen LogP contribution in [0.25, 0.3) is 10.9 Å². The number of aromatic carboxylic acids is 1. The Kier molecular flexibility index (Phi) is 6.62. The van der Waals surface area contributed by atoms with E-state index in [4.69, 9.17) is 18.9 Å². The van der Waals surface area contributed by atoms with Gasteiger partial charge in [-0.15, -0.1) is 0 Å². The average Bonchev–Trinajstić information content (AvgIpc) is 3.20. The van der Waals surface area contributed by atoms with E-state index in [2.05, 4.69) is 0 Å². The molecule has 0 saturated carbocycles. The van der Waals surface area contributed by atoms with Gasteiger partial charge in [0.2, 0.25) is 0 Å². The Hall–Kier alpha value is -2.58. The van der Waals surface area contributed by atoms with Crippen molar-refractivity contribution in [1.29, 1.82) is 0 Å². The van der Waals surface area contributed by atoms with Crippen molar-refractivity contribution in [3.63, 3.8) is 0 Å². The first-order valence-corrected chi connectivity index (χ1v) is 10.4. The van der Waals surface area contributed by atoms with Crippen molar-refractivity contribution >= 4 is 23.0 Å². The number of rotatable bonds is 7. The highest BCUT2D eigenvalue weighted by atomic mass is 16.7. The average molecular weight is 432 g/mol. The Morgan fingerprint density at radius 1 is 1.23 bits per heavy atom. The van der Waals surface area contributed by atoms with Gasteiger partial charge >= 0.3 is 6.09 Å². The molecule has 1 atom stereocenters. The number of carboxylic acids is 1. The monoisotopic (exact) mass is 432 g/mol. The van der Waals surface area contributed by atoms with E-state index in [0.29, 0.717) is 42.7 Å². The lowest BCUT2D eigenvalue weighted by molar-refractivity contribution is -0.255. The predicted octanol–water partition coefficient (Wildman–Crippen LogP) is 3.35. The zero-order chi connectivity index (χ0) is 22.8. The molecule has 0 aliphatic carbocycles. The summed E-state index contributed by atoms with van der Waals surface area (Å²) in [5.41, 5.74) is 0.154. The van der Waals surface area contributed by atoms with Crippen molar-refractivity contribution in [2.45, 2.75) is 59.4 Å². The van der Waals surface area contributed by atoms with Crippen molar-refractivity contribution in [2.75, 3.05) is 19.8 Å². The van der Waals surface area contributed by atoms with Gasteiger partial charge in [0.05, 0.1) is 43.1 Å². The summed E-state index contributed by atoms with van der Waals surface area (Å²) in [4.78, 5) is 24.2. The van der Waals surface area contributed by atoms with E-state index in [1.807, 2.05) is 34.6 Å². The van der Waals surface area contributed by atoms with Gasteiger partial charge in [0.1, 0.15) is 5.75 Å². The maximum Gasteiger partial charge on any atom is 0.419 e. The second-order valence-corrected chi connectivity index (χ2v) is 9.39. The zero-order valence-corrected chi connectivity index (χ0v) is 18.7. The van der Waals surface area contributed by atoms with Crippen LogP contribution in [0.4, 0.5) is 4.79 Å². The summed E-state index contributed by atoms with van der Waals surface area (Å²) in [6.07, 6.45) is 0.539. The molecule has 0 unspecified atom stereocenters. The number of aromatic nitrogens is 1. The molecular weight excluding hydrogens is 402 g/mol. The minimum Gasteiger partial charge on any atom is -0.543 e. The molecule has 1 aromatic heterocycles. The summed E-state index contributed by atoms with van der Waals surface area (Å²) in [5.74, 6) is -1.46. The summed E-state index contributed by atoms with van der Waals surface area (Å²) in [6.45, 7) is 11.0. The number of ether oxygens (including phenoxy) is 4. The Labute approximate surface area is 182 Å². The van der Waals surface area contributed by atoms with Crippen LogP contribution in [-0.4, -0.2) is 48.3 Å². The minimum atomic E-state index is -1.45. The third kappa shape index (κ3) is 5.98. The van der Waals surface area contributed by atoms with Crippen LogP contribution in [0.5, 0.6) is 5.75 Å². The molecule has 8 nitrogen and oxygen atoms in total. The molecule has 1 aliphatic rings. The highest BCUT2D eigenvalue weighted by molar-refractivity contribution is 6.00. The molecule has 0 N–H and O–H groups in total. The third-order valence-corrected chi connectivity index (χ3v) is 5.02. The number of fused-ring (bicyclic) bond motifs is 1. The molecule has 0 amide bonds. The normalized spacial score (nSPS) is 18.3. The Morgan fingerprint density at radius 3 is 2.58 bits per heavy atom. The van der Waals surface area contributed by atoms with Crippen LogP contribution in [-0.2, 0) is 14.2 Å². The first kappa shape index (κ1) is 23.1. The standard InChI is InChI=1S/C23H31NO7/c1-22(2,3)9-11-29-21(27)24-18-7-6-16(12-15(18)13-19(24)20(25)26)28-10-8-17-14-30-23(4,5)31-17/h6-7,12-13,17H,8-11,14H2,1-5H3,(H,25,26)/p-1/t17-/m0/s1. The van der Waals surface area contributed by atoms with E-state index in [1.54, 1.807) is 18.2 Å². The highest BCUT2D eigenvalue weighted by Crippen LogP contribution is 2.27. The lowest BCUT2D eigenvalue weighted by atomic mass is 9.93. The van der Waals surface area contributed by atoms with Crippen LogP contribution >= 0.6 is 0 Å². The van der Waals surface area contributed by atoms with Gasteiger partial charge in [-0.3, -0.25) is 0 Å². The molecule has 3 rings (SSSR count). The SMILES string of the molecule is CC(C)(C)CCOC(=O)n1c(C(=O)[O-])cc2cc(OCC[C@H]3COC(C)(C)O3)ccc21. The molecule has 1 aliphatic heterocycles. The summed E-state index contributed by atoms with van der Waals surface area (Å²) < 4.78 is 23.4. The number of carboxylic acid groups (broad SMARTS) is 1. The van der Waals surface area contributed by atoms with Crippen molar-refractivity contribution < 1.29 is 33.6 Å². The van der Waals surface area contributed by atoms with E-state index in [0.717, 1.165) is 4.57 Å². The van der Waals surface area contributed by atoms with Gasteiger partial charge in [-0.25, -0.2) is 9.36 Å². The van der Waals surface area contributed by atoms with E-state index in [1.165, 1.54) is 6.07 Å². The van der Waals surface area contributed by atoms with E-state index < -0.39 is 17.8 Å². The van der Waals surface area contributed by atoms with Gasteiger partial charge in [0.15, 0.2) is 5.79 Å². The van der Waals surface area contributed by atoms with E-state index in [-0.39, 0.29) is 23.8 Å². The molecule has 0 bridgehead atoms. The first-order valence-electron chi connectivity index (χ1n) is 10.4. The van der Waals surface area contributed by atoms with Gasteiger partial charge in [-0.2, -0.15) is 0 Å². The lowest BCUT2D eigenvalue weighted by Gasteiger charge is -2.18. The smallest absolute Gasteiger partial charge is 0.419 e. The molecule has 1 saturated heterocycles. The molecule has 1 aromatic carbocycles. The lowest BCUT2D eigenvalue weighted by Crippen LogP contribution is -2.28. The summed E-state index contributed by atoms with van der Waals surface area (Å²) >= 11 is 0. The second-order valence-electron chi connectivity index (χ2n) is 9.39. The molecule has 8 heteroatoms. The van der Waals surface area contributed by atoms with Gasteiger partial charge < -0.3 is 28.8 Å². The topological polar surface area (TPSA) is 99.1 Å². The van der Waals surface area contributed by atoms with Gasteiger partial charge in [-0.05, 0) is 49.9 Å². The molecule has 31 heavy (non-hydrogen) atoms. The van der Waals surface area contributed by atoms with Crippen molar-refractivity contribution in [3.8, 4) is 5.75 Å². The zero-order valence-electron chi connectivity index (χ0n) is 18.7. The van der Waals surface area contributed by atoms with Gasteiger partial charge in [-0.1, -0.05) is 20.8 Å². The maximum absolute atomic E-state index is 12.6. The van der Waals surface area contributed by atoms with Crippen molar-refractivity contribution in [3.05, 3.63) is 30.0 Å².